The van der Waals surface area contributed by atoms with Crippen molar-refractivity contribution in [1.29, 1.82) is 0 Å². The van der Waals surface area contributed by atoms with Gasteiger partial charge in [0.2, 0.25) is 0 Å². The van der Waals surface area contributed by atoms with Gasteiger partial charge in [0.05, 0.1) is 29.1 Å². The minimum atomic E-state index is -0.380. The Morgan fingerprint density at radius 2 is 1.45 bits per heavy atom. The number of hydrogen-bond acceptors (Lipinski definition) is 12. The van der Waals surface area contributed by atoms with Crippen molar-refractivity contribution in [2.45, 2.75) is 13.0 Å². The van der Waals surface area contributed by atoms with E-state index in [1.165, 1.54) is 6.20 Å². The van der Waals surface area contributed by atoms with Gasteiger partial charge in [-0.05, 0) is 55.1 Å². The van der Waals surface area contributed by atoms with Crippen LogP contribution in [0.3, 0.4) is 0 Å². The molecule has 1 unspecified atom stereocenters. The number of nitrogens with two attached hydrogens (primary N) is 2. The Morgan fingerprint density at radius 3 is 2.08 bits per heavy atom. The molecule has 4 N–H and O–H groups in total. The molecular formula is C37H29IN12O. The largest absolute Gasteiger partial charge is 0.454 e. The number of aromatic nitrogens is 8. The number of nitrogens with zero attached hydrogens (tertiary/aromatic N) is 10. The maximum atomic E-state index is 6.97. The van der Waals surface area contributed by atoms with Crippen LogP contribution in [0.4, 0.5) is 0 Å². The lowest BCUT2D eigenvalue weighted by atomic mass is 9.89. The number of benzene rings is 2. The highest BCUT2D eigenvalue weighted by Crippen LogP contribution is 2.47. The number of amidine groups is 1. The molecule has 7 aromatic rings. The minimum absolute atomic E-state index is 0.219. The van der Waals surface area contributed by atoms with E-state index >= 15 is 0 Å². The summed E-state index contributed by atoms with van der Waals surface area (Å²) in [7, 11) is 0. The third-order valence-electron chi connectivity index (χ3n) is 7.91. The topological polar surface area (TPSA) is 193 Å². The summed E-state index contributed by atoms with van der Waals surface area (Å²) in [6.45, 7) is 1.98. The van der Waals surface area contributed by atoms with Gasteiger partial charge in [-0.15, -0.1) is 0 Å². The highest BCUT2D eigenvalue weighted by molar-refractivity contribution is 14.1. The molecule has 0 amide bonds. The number of hydrogen-bond donors (Lipinski definition) is 2. The van der Waals surface area contributed by atoms with Gasteiger partial charge in [0, 0.05) is 93.9 Å². The summed E-state index contributed by atoms with van der Waals surface area (Å²) in [4.78, 5) is 46.4. The molecule has 5 heterocycles. The summed E-state index contributed by atoms with van der Waals surface area (Å²) in [5, 5.41) is 1.47. The Labute approximate surface area is 305 Å². The Bertz CT molecular complexity index is 2430. The fourth-order valence-corrected chi connectivity index (χ4v) is 6.03. The molecule has 14 heteroatoms. The molecule has 1 atom stereocenters. The standard InChI is InChI=1S/C37H29IN12O/c1-22(42-10-3-8-39)23-19-24-25-20-26(35-45-11-4-12-46-35)29(36-47-13-5-14-48-36)31(37-49-15-6-16-50-37)33(25)51-32(24)30(34(40)44-9-2-7-38)28(23)27-21-41-17-18-43-27/h2-6,8-22H,7,39H2,1H3,(H2,40,44)/b8-3-,9-2-,42-10?. The molecule has 0 saturated carbocycles. The number of fused-ring (bicyclic) bond motifs is 3. The van der Waals surface area contributed by atoms with E-state index in [-0.39, 0.29) is 11.9 Å². The van der Waals surface area contributed by atoms with Crippen LogP contribution in [0.2, 0.25) is 0 Å². The van der Waals surface area contributed by atoms with E-state index in [1.54, 1.807) is 92.5 Å². The first-order valence-corrected chi connectivity index (χ1v) is 17.3. The number of halogens is 1. The summed E-state index contributed by atoms with van der Waals surface area (Å²) in [6, 6.07) is 8.92. The lowest BCUT2D eigenvalue weighted by Gasteiger charge is -2.17. The third-order valence-corrected chi connectivity index (χ3v) is 8.42. The molecule has 0 aliphatic heterocycles. The summed E-state index contributed by atoms with van der Waals surface area (Å²) < 4.78 is 7.72. The summed E-state index contributed by atoms with van der Waals surface area (Å²) in [5.74, 6) is 1.50. The van der Waals surface area contributed by atoms with Crippen LogP contribution in [0.15, 0.2) is 125 Å². The van der Waals surface area contributed by atoms with Crippen LogP contribution in [-0.4, -0.2) is 56.3 Å². The molecule has 2 aromatic carbocycles. The summed E-state index contributed by atoms with van der Waals surface area (Å²) in [6.07, 6.45) is 23.3. The van der Waals surface area contributed by atoms with Gasteiger partial charge in [-0.2, -0.15) is 0 Å². The first kappa shape index (κ1) is 33.2. The lowest BCUT2D eigenvalue weighted by molar-refractivity contribution is 0.668. The fourth-order valence-electron chi connectivity index (χ4n) is 5.81. The van der Waals surface area contributed by atoms with Gasteiger partial charge in [0.15, 0.2) is 17.5 Å². The molecule has 0 radical (unpaired) electrons. The number of furan rings is 1. The lowest BCUT2D eigenvalue weighted by Crippen LogP contribution is -2.16. The van der Waals surface area contributed by atoms with E-state index in [1.807, 2.05) is 25.1 Å². The molecule has 0 spiro atoms. The smallest absolute Gasteiger partial charge is 0.163 e. The molecule has 0 bridgehead atoms. The van der Waals surface area contributed by atoms with Gasteiger partial charge in [-0.1, -0.05) is 28.7 Å². The number of alkyl halides is 1. The van der Waals surface area contributed by atoms with Crippen molar-refractivity contribution >= 4 is 56.6 Å². The van der Waals surface area contributed by atoms with Gasteiger partial charge in [-0.3, -0.25) is 15.0 Å². The molecule has 51 heavy (non-hydrogen) atoms. The average molecular weight is 785 g/mol. The predicted octanol–water partition coefficient (Wildman–Crippen LogP) is 6.67. The fraction of sp³-hybridized carbons (Fsp3) is 0.0811. The monoisotopic (exact) mass is 784 g/mol. The Hall–Kier alpha value is -6.29. The van der Waals surface area contributed by atoms with Crippen LogP contribution in [0, 0.1) is 0 Å². The second-order valence-corrected chi connectivity index (χ2v) is 11.8. The SMILES string of the molecule is CC(N=C/C=C\N)c1cc2c(oc3c(-c4ncccn4)c(-c4ncccn4)c(-c4ncccn4)cc32)c(C(N)=N/C=C\CI)c1-c1cnccn1. The molecule has 7 rings (SSSR count). The maximum absolute atomic E-state index is 6.97. The van der Waals surface area contributed by atoms with Crippen molar-refractivity contribution < 1.29 is 4.42 Å². The first-order valence-electron chi connectivity index (χ1n) is 15.7. The Morgan fingerprint density at radius 1 is 0.804 bits per heavy atom. The van der Waals surface area contributed by atoms with Gasteiger partial charge in [-0.25, -0.2) is 34.9 Å². The first-order chi connectivity index (χ1) is 25.1. The van der Waals surface area contributed by atoms with Crippen LogP contribution < -0.4 is 11.5 Å². The minimum Gasteiger partial charge on any atom is -0.454 e. The van der Waals surface area contributed by atoms with Crippen LogP contribution in [0.5, 0.6) is 0 Å². The number of allylic oxidation sites excluding steroid dienone is 2. The summed E-state index contributed by atoms with van der Waals surface area (Å²) >= 11 is 2.25. The summed E-state index contributed by atoms with van der Waals surface area (Å²) in [5.41, 5.74) is 17.9. The van der Waals surface area contributed by atoms with E-state index in [4.69, 9.17) is 20.9 Å². The van der Waals surface area contributed by atoms with Crippen molar-refractivity contribution in [1.82, 2.24) is 39.9 Å². The number of aliphatic imine (C=N–C) groups is 2. The van der Waals surface area contributed by atoms with Crippen molar-refractivity contribution in [2.24, 2.45) is 21.5 Å². The van der Waals surface area contributed by atoms with Gasteiger partial charge in [0.1, 0.15) is 17.0 Å². The predicted molar refractivity (Wildman–Crippen MR) is 207 cm³/mol. The van der Waals surface area contributed by atoms with Crippen molar-refractivity contribution in [3.05, 3.63) is 122 Å². The molecule has 13 nitrogen and oxygen atoms in total. The average Bonchev–Trinajstić information content (AvgIpc) is 3.55. The zero-order valence-electron chi connectivity index (χ0n) is 27.2. The van der Waals surface area contributed by atoms with Crippen LogP contribution in [0.1, 0.15) is 24.1 Å². The number of rotatable bonds is 10. The highest BCUT2D eigenvalue weighted by Gasteiger charge is 2.30. The Balaban J connectivity index is 1.71. The second kappa shape index (κ2) is 15.1. The normalized spacial score (nSPS) is 12.9. The molecule has 5 aromatic heterocycles. The second-order valence-electron chi connectivity index (χ2n) is 11.0. The van der Waals surface area contributed by atoms with E-state index in [0.717, 1.165) is 20.8 Å². The molecular weight excluding hydrogens is 755 g/mol. The van der Waals surface area contributed by atoms with Crippen LogP contribution in [-0.2, 0) is 0 Å². The Kier molecular flexibility index (Phi) is 9.82. The van der Waals surface area contributed by atoms with Crippen molar-refractivity contribution in [3.63, 3.8) is 0 Å². The van der Waals surface area contributed by atoms with Gasteiger partial charge in [0.25, 0.3) is 0 Å². The molecule has 250 valence electrons. The van der Waals surface area contributed by atoms with Crippen LogP contribution in [0.25, 0.3) is 67.4 Å². The van der Waals surface area contributed by atoms with E-state index in [0.29, 0.717) is 62.2 Å². The van der Waals surface area contributed by atoms with Crippen molar-refractivity contribution in [2.75, 3.05) is 4.43 Å². The van der Waals surface area contributed by atoms with Crippen molar-refractivity contribution in [3.8, 4) is 45.4 Å². The quantitative estimate of drug-likeness (QED) is 0.0651. The highest BCUT2D eigenvalue weighted by atomic mass is 127. The van der Waals surface area contributed by atoms with Crippen LogP contribution >= 0.6 is 22.6 Å². The molecule has 0 fully saturated rings. The molecule has 0 aliphatic carbocycles. The maximum Gasteiger partial charge on any atom is 0.163 e. The molecule has 0 aliphatic rings. The van der Waals surface area contributed by atoms with Gasteiger partial charge < -0.3 is 15.9 Å². The van der Waals surface area contributed by atoms with E-state index in [2.05, 4.69) is 67.5 Å². The third kappa shape index (κ3) is 6.55. The van der Waals surface area contributed by atoms with Gasteiger partial charge >= 0.3 is 0 Å². The van der Waals surface area contributed by atoms with E-state index in [9.17, 15) is 0 Å². The zero-order chi connectivity index (χ0) is 35.2. The zero-order valence-corrected chi connectivity index (χ0v) is 29.3. The van der Waals surface area contributed by atoms with E-state index < -0.39 is 0 Å². The molecule has 0 saturated heterocycles.